The predicted octanol–water partition coefficient (Wildman–Crippen LogP) is 1.03. The van der Waals surface area contributed by atoms with Crippen molar-refractivity contribution in [3.8, 4) is 0 Å². The number of nitrogens with one attached hydrogen (secondary N) is 1. The zero-order valence-corrected chi connectivity index (χ0v) is 9.64. The molecule has 2 rings (SSSR count). The fraction of sp³-hybridized carbons (Fsp3) is 0.900. The lowest BCUT2D eigenvalue weighted by atomic mass is 10.1. The highest BCUT2D eigenvalue weighted by atomic mass is 35.5. The summed E-state index contributed by atoms with van der Waals surface area (Å²) in [5.74, 6) is 0.754. The molecule has 1 heterocycles. The molecule has 4 heteroatoms. The summed E-state index contributed by atoms with van der Waals surface area (Å²) >= 11 is 0. The molecule has 82 valence electrons. The Labute approximate surface area is 91.6 Å². The van der Waals surface area contributed by atoms with Crippen molar-refractivity contribution in [2.75, 3.05) is 13.1 Å². The molecule has 2 aliphatic rings. The molecule has 0 unspecified atom stereocenters. The van der Waals surface area contributed by atoms with Crippen LogP contribution in [0.4, 0.5) is 0 Å². The van der Waals surface area contributed by atoms with Crippen molar-refractivity contribution >= 4 is 18.3 Å². The van der Waals surface area contributed by atoms with Gasteiger partial charge >= 0.3 is 0 Å². The van der Waals surface area contributed by atoms with E-state index in [4.69, 9.17) is 0 Å². The molecule has 0 bridgehead atoms. The third kappa shape index (κ3) is 2.20. The van der Waals surface area contributed by atoms with Crippen LogP contribution in [0.15, 0.2) is 0 Å². The first-order chi connectivity index (χ1) is 6.20. The van der Waals surface area contributed by atoms with Crippen LogP contribution in [-0.4, -0.2) is 36.0 Å². The fourth-order valence-corrected chi connectivity index (χ4v) is 2.11. The van der Waals surface area contributed by atoms with Crippen LogP contribution in [-0.2, 0) is 4.79 Å². The highest BCUT2D eigenvalue weighted by Gasteiger charge is 2.38. The van der Waals surface area contributed by atoms with Crippen LogP contribution in [0, 0.1) is 5.92 Å². The Morgan fingerprint density at radius 1 is 1.21 bits per heavy atom. The Bertz CT molecular complexity index is 208. The molecule has 3 nitrogen and oxygen atoms in total. The molecule has 1 aliphatic heterocycles. The van der Waals surface area contributed by atoms with Crippen molar-refractivity contribution in [3.63, 3.8) is 0 Å². The number of hydrogen-bond acceptors (Lipinski definition) is 2. The average molecular weight is 219 g/mol. The van der Waals surface area contributed by atoms with Gasteiger partial charge in [0.05, 0.1) is 0 Å². The van der Waals surface area contributed by atoms with E-state index in [0.29, 0.717) is 23.9 Å². The Balaban J connectivity index is 0.000000980. The van der Waals surface area contributed by atoms with Crippen LogP contribution >= 0.6 is 12.4 Å². The molecule has 14 heavy (non-hydrogen) atoms. The van der Waals surface area contributed by atoms with Crippen molar-refractivity contribution < 1.29 is 4.79 Å². The third-order valence-electron chi connectivity index (χ3n) is 3.01. The van der Waals surface area contributed by atoms with Crippen molar-refractivity contribution in [2.24, 2.45) is 5.92 Å². The van der Waals surface area contributed by atoms with Gasteiger partial charge in [0.2, 0.25) is 5.91 Å². The molecule has 0 aromatic carbocycles. The summed E-state index contributed by atoms with van der Waals surface area (Å²) in [5.41, 5.74) is 0. The third-order valence-corrected chi connectivity index (χ3v) is 3.01. The normalized spacial score (nSPS) is 32.3. The van der Waals surface area contributed by atoms with Gasteiger partial charge < -0.3 is 10.2 Å². The van der Waals surface area contributed by atoms with Crippen molar-refractivity contribution in [2.45, 2.75) is 38.8 Å². The second-order valence-electron chi connectivity index (χ2n) is 4.38. The minimum Gasteiger partial charge on any atom is -0.334 e. The Morgan fingerprint density at radius 3 is 2.14 bits per heavy atom. The van der Waals surface area contributed by atoms with E-state index >= 15 is 0 Å². The fourth-order valence-electron chi connectivity index (χ4n) is 2.11. The van der Waals surface area contributed by atoms with Gasteiger partial charge in [0.1, 0.15) is 0 Å². The van der Waals surface area contributed by atoms with Gasteiger partial charge in [-0.05, 0) is 26.7 Å². The first kappa shape index (κ1) is 11.8. The predicted molar refractivity (Wildman–Crippen MR) is 58.6 cm³/mol. The van der Waals surface area contributed by atoms with Crippen molar-refractivity contribution in [1.82, 2.24) is 10.2 Å². The van der Waals surface area contributed by atoms with Crippen LogP contribution in [0.5, 0.6) is 0 Å². The highest BCUT2D eigenvalue weighted by Crippen LogP contribution is 2.32. The zero-order valence-electron chi connectivity index (χ0n) is 8.82. The monoisotopic (exact) mass is 218 g/mol. The second-order valence-corrected chi connectivity index (χ2v) is 4.38. The van der Waals surface area contributed by atoms with Gasteiger partial charge in [-0.15, -0.1) is 12.4 Å². The molecule has 1 amide bonds. The quantitative estimate of drug-likeness (QED) is 0.713. The van der Waals surface area contributed by atoms with E-state index in [9.17, 15) is 4.79 Å². The van der Waals surface area contributed by atoms with Gasteiger partial charge in [-0.2, -0.15) is 0 Å². The first-order valence-corrected chi connectivity index (χ1v) is 5.23. The number of amides is 1. The van der Waals surface area contributed by atoms with Crippen LogP contribution in [0.25, 0.3) is 0 Å². The summed E-state index contributed by atoms with van der Waals surface area (Å²) in [7, 11) is 0. The van der Waals surface area contributed by atoms with Crippen LogP contribution in [0.2, 0.25) is 0 Å². The van der Waals surface area contributed by atoms with Crippen LogP contribution in [0.3, 0.4) is 0 Å². The number of piperazine rings is 1. The number of rotatable bonds is 1. The molecule has 0 aromatic heterocycles. The number of nitrogens with zero attached hydrogens (tertiary/aromatic N) is 1. The molecule has 0 aromatic rings. The van der Waals surface area contributed by atoms with Crippen LogP contribution < -0.4 is 5.32 Å². The lowest BCUT2D eigenvalue weighted by Crippen LogP contribution is -2.57. The van der Waals surface area contributed by atoms with E-state index in [0.717, 1.165) is 25.9 Å². The molecule has 1 saturated heterocycles. The smallest absolute Gasteiger partial charge is 0.226 e. The maximum Gasteiger partial charge on any atom is 0.226 e. The van der Waals surface area contributed by atoms with Crippen LogP contribution in [0.1, 0.15) is 26.7 Å². The molecular formula is C10H19ClN2O. The number of carbonyl (C=O) groups excluding carboxylic acids is 1. The maximum atomic E-state index is 11.9. The summed E-state index contributed by atoms with van der Waals surface area (Å²) in [6.45, 7) is 6.15. The first-order valence-electron chi connectivity index (χ1n) is 5.23. The summed E-state index contributed by atoms with van der Waals surface area (Å²) in [6.07, 6.45) is 2.23. The summed E-state index contributed by atoms with van der Waals surface area (Å²) < 4.78 is 0. The Hall–Kier alpha value is -0.280. The van der Waals surface area contributed by atoms with E-state index in [2.05, 4.69) is 24.1 Å². The molecule has 2 fully saturated rings. The van der Waals surface area contributed by atoms with E-state index in [-0.39, 0.29) is 12.4 Å². The average Bonchev–Trinajstić information content (AvgIpc) is 2.85. The summed E-state index contributed by atoms with van der Waals surface area (Å²) in [4.78, 5) is 14.0. The Morgan fingerprint density at radius 2 is 1.71 bits per heavy atom. The van der Waals surface area contributed by atoms with Gasteiger partial charge in [0, 0.05) is 31.1 Å². The topological polar surface area (TPSA) is 32.3 Å². The largest absolute Gasteiger partial charge is 0.334 e. The van der Waals surface area contributed by atoms with Gasteiger partial charge in [-0.3, -0.25) is 4.79 Å². The number of carbonyl (C=O) groups is 1. The molecule has 0 spiro atoms. The molecule has 1 aliphatic carbocycles. The maximum absolute atomic E-state index is 11.9. The van der Waals surface area contributed by atoms with E-state index in [1.807, 2.05) is 0 Å². The standard InChI is InChI=1S/C10H18N2O.ClH/c1-7-5-11-6-8(2)12(7)10(13)9-3-4-9;/h7-9,11H,3-6H2,1-2H3;1H/t7-,8+;. The van der Waals surface area contributed by atoms with Crippen molar-refractivity contribution in [1.29, 1.82) is 0 Å². The number of hydrogen-bond donors (Lipinski definition) is 1. The van der Waals surface area contributed by atoms with Gasteiger partial charge in [0.25, 0.3) is 0 Å². The minimum absolute atomic E-state index is 0. The highest BCUT2D eigenvalue weighted by molar-refractivity contribution is 5.85. The van der Waals surface area contributed by atoms with Gasteiger partial charge in [-0.1, -0.05) is 0 Å². The van der Waals surface area contributed by atoms with E-state index < -0.39 is 0 Å². The van der Waals surface area contributed by atoms with E-state index in [1.54, 1.807) is 0 Å². The Kier molecular flexibility index (Phi) is 3.78. The molecule has 0 radical (unpaired) electrons. The summed E-state index contributed by atoms with van der Waals surface area (Å²) in [5, 5.41) is 3.33. The molecule has 2 atom stereocenters. The lowest BCUT2D eigenvalue weighted by molar-refractivity contribution is -0.138. The van der Waals surface area contributed by atoms with Crippen molar-refractivity contribution in [3.05, 3.63) is 0 Å². The van der Waals surface area contributed by atoms with Gasteiger partial charge in [-0.25, -0.2) is 0 Å². The molecule has 1 N–H and O–H groups in total. The molecular weight excluding hydrogens is 200 g/mol. The van der Waals surface area contributed by atoms with Gasteiger partial charge in [0.15, 0.2) is 0 Å². The second kappa shape index (κ2) is 4.49. The lowest BCUT2D eigenvalue weighted by Gasteiger charge is -2.39. The summed E-state index contributed by atoms with van der Waals surface area (Å²) in [6, 6.07) is 0.744. The zero-order chi connectivity index (χ0) is 9.42. The SMILES string of the molecule is C[C@@H]1CNC[C@H](C)N1C(=O)C1CC1.Cl. The minimum atomic E-state index is 0. The number of halogens is 1. The van der Waals surface area contributed by atoms with E-state index in [1.165, 1.54) is 0 Å². The molecule has 1 saturated carbocycles.